The number of nitrogens with zero attached hydrogens (tertiary/aromatic N) is 4. The number of hydrogen-bond donors (Lipinski definition) is 2. The lowest BCUT2D eigenvalue weighted by atomic mass is 10.2. The fourth-order valence-corrected chi connectivity index (χ4v) is 1.38. The van der Waals surface area contributed by atoms with Crippen molar-refractivity contribution in [3.05, 3.63) is 23.8 Å². The van der Waals surface area contributed by atoms with Gasteiger partial charge in [0.25, 0.3) is 0 Å². The highest BCUT2D eigenvalue weighted by atomic mass is 15.2. The van der Waals surface area contributed by atoms with Crippen molar-refractivity contribution in [2.45, 2.75) is 33.4 Å². The van der Waals surface area contributed by atoms with E-state index < -0.39 is 0 Å². The molecule has 0 bridgehead atoms. The van der Waals surface area contributed by atoms with Crippen molar-refractivity contribution in [2.75, 3.05) is 0 Å². The lowest BCUT2D eigenvalue weighted by Crippen LogP contribution is -2.23. The lowest BCUT2D eigenvalue weighted by molar-refractivity contribution is 0.579. The molecular formula is C11H16N6. The first-order chi connectivity index (χ1) is 8.16. The molecule has 2 N–H and O–H groups in total. The second-order valence-electron chi connectivity index (χ2n) is 4.19. The Labute approximate surface area is 99.9 Å². The minimum absolute atomic E-state index is 0.429. The first kappa shape index (κ1) is 11.7. The SMILES string of the molecule is Cc1cnc(-c2ncn[nH]2)nc1CNC(C)C. The van der Waals surface area contributed by atoms with Gasteiger partial charge in [0.05, 0.1) is 5.69 Å². The van der Waals surface area contributed by atoms with Crippen LogP contribution in [0.1, 0.15) is 25.1 Å². The molecule has 90 valence electrons. The monoisotopic (exact) mass is 232 g/mol. The van der Waals surface area contributed by atoms with E-state index in [1.807, 2.05) is 13.1 Å². The van der Waals surface area contributed by atoms with Crippen LogP contribution in [0.4, 0.5) is 0 Å². The van der Waals surface area contributed by atoms with Crippen LogP contribution in [-0.2, 0) is 6.54 Å². The van der Waals surface area contributed by atoms with Gasteiger partial charge in [-0.05, 0) is 12.5 Å². The number of aromatic amines is 1. The topological polar surface area (TPSA) is 79.4 Å². The fourth-order valence-electron chi connectivity index (χ4n) is 1.38. The molecule has 0 aromatic carbocycles. The van der Waals surface area contributed by atoms with Gasteiger partial charge in [-0.2, -0.15) is 5.10 Å². The Bertz CT molecular complexity index is 477. The van der Waals surface area contributed by atoms with Crippen molar-refractivity contribution in [1.82, 2.24) is 30.5 Å². The Morgan fingerprint density at radius 2 is 2.18 bits per heavy atom. The van der Waals surface area contributed by atoms with Crippen LogP contribution in [0.3, 0.4) is 0 Å². The van der Waals surface area contributed by atoms with Crippen LogP contribution in [0.25, 0.3) is 11.6 Å². The van der Waals surface area contributed by atoms with E-state index in [0.717, 1.165) is 17.8 Å². The molecule has 2 aromatic rings. The van der Waals surface area contributed by atoms with E-state index >= 15 is 0 Å². The zero-order valence-corrected chi connectivity index (χ0v) is 10.2. The summed E-state index contributed by atoms with van der Waals surface area (Å²) in [6.45, 7) is 6.94. The summed E-state index contributed by atoms with van der Waals surface area (Å²) in [7, 11) is 0. The molecule has 0 saturated heterocycles. The molecule has 0 aliphatic carbocycles. The number of aromatic nitrogens is 5. The molecule has 0 radical (unpaired) electrons. The highest BCUT2D eigenvalue weighted by Crippen LogP contribution is 2.10. The lowest BCUT2D eigenvalue weighted by Gasteiger charge is -2.09. The number of aryl methyl sites for hydroxylation is 1. The van der Waals surface area contributed by atoms with Gasteiger partial charge < -0.3 is 5.32 Å². The second kappa shape index (κ2) is 5.01. The number of rotatable bonds is 4. The Morgan fingerprint density at radius 3 is 2.82 bits per heavy atom. The quantitative estimate of drug-likeness (QED) is 0.824. The number of hydrogen-bond acceptors (Lipinski definition) is 5. The van der Waals surface area contributed by atoms with E-state index in [1.165, 1.54) is 6.33 Å². The van der Waals surface area contributed by atoms with Gasteiger partial charge in [0.2, 0.25) is 0 Å². The van der Waals surface area contributed by atoms with Crippen LogP contribution in [0.5, 0.6) is 0 Å². The van der Waals surface area contributed by atoms with E-state index in [2.05, 4.69) is 44.3 Å². The van der Waals surface area contributed by atoms with Gasteiger partial charge in [-0.15, -0.1) is 0 Å². The van der Waals surface area contributed by atoms with E-state index in [4.69, 9.17) is 0 Å². The standard InChI is InChI=1S/C11H16N6/c1-7(2)12-5-9-8(3)4-13-10(16-9)11-14-6-15-17-11/h4,6-7,12H,5H2,1-3H3,(H,14,15,17). The average Bonchev–Trinajstić information content (AvgIpc) is 2.81. The van der Waals surface area contributed by atoms with Crippen molar-refractivity contribution in [3.8, 4) is 11.6 Å². The zero-order chi connectivity index (χ0) is 12.3. The average molecular weight is 232 g/mol. The molecule has 0 spiro atoms. The minimum Gasteiger partial charge on any atom is -0.309 e. The normalized spacial score (nSPS) is 11.1. The molecule has 0 amide bonds. The van der Waals surface area contributed by atoms with Gasteiger partial charge in [0.15, 0.2) is 11.6 Å². The van der Waals surface area contributed by atoms with E-state index in [-0.39, 0.29) is 0 Å². The molecule has 0 atom stereocenters. The molecule has 0 saturated carbocycles. The summed E-state index contributed by atoms with van der Waals surface area (Å²) in [4.78, 5) is 12.8. The predicted molar refractivity (Wildman–Crippen MR) is 64.1 cm³/mol. The molecular weight excluding hydrogens is 216 g/mol. The van der Waals surface area contributed by atoms with Crippen molar-refractivity contribution >= 4 is 0 Å². The molecule has 17 heavy (non-hydrogen) atoms. The predicted octanol–water partition coefficient (Wildman–Crippen LogP) is 1.07. The van der Waals surface area contributed by atoms with E-state index in [9.17, 15) is 0 Å². The van der Waals surface area contributed by atoms with Crippen LogP contribution in [0, 0.1) is 6.92 Å². The highest BCUT2D eigenvalue weighted by Gasteiger charge is 2.08. The van der Waals surface area contributed by atoms with Crippen molar-refractivity contribution in [3.63, 3.8) is 0 Å². The molecule has 2 heterocycles. The Kier molecular flexibility index (Phi) is 3.43. The summed E-state index contributed by atoms with van der Waals surface area (Å²) in [5, 5.41) is 9.89. The highest BCUT2D eigenvalue weighted by molar-refractivity contribution is 5.42. The van der Waals surface area contributed by atoms with Gasteiger partial charge in [-0.1, -0.05) is 13.8 Å². The Hall–Kier alpha value is -1.82. The van der Waals surface area contributed by atoms with Crippen LogP contribution in [0.2, 0.25) is 0 Å². The molecule has 2 rings (SSSR count). The van der Waals surface area contributed by atoms with Crippen molar-refractivity contribution in [1.29, 1.82) is 0 Å². The van der Waals surface area contributed by atoms with E-state index in [1.54, 1.807) is 0 Å². The summed E-state index contributed by atoms with van der Waals surface area (Å²) in [6.07, 6.45) is 3.26. The van der Waals surface area contributed by atoms with Crippen molar-refractivity contribution in [2.24, 2.45) is 0 Å². The second-order valence-corrected chi connectivity index (χ2v) is 4.19. The number of H-pyrrole nitrogens is 1. The molecule has 6 heteroatoms. The zero-order valence-electron chi connectivity index (χ0n) is 10.2. The van der Waals surface area contributed by atoms with Gasteiger partial charge in [0, 0.05) is 18.8 Å². The maximum absolute atomic E-state index is 4.48. The molecule has 2 aromatic heterocycles. The summed E-state index contributed by atoms with van der Waals surface area (Å²) in [5.41, 5.74) is 2.06. The van der Waals surface area contributed by atoms with Gasteiger partial charge in [-0.25, -0.2) is 15.0 Å². The fraction of sp³-hybridized carbons (Fsp3) is 0.455. The third-order valence-electron chi connectivity index (χ3n) is 2.38. The summed E-state index contributed by atoms with van der Waals surface area (Å²) < 4.78 is 0. The third-order valence-corrected chi connectivity index (χ3v) is 2.38. The summed E-state index contributed by atoms with van der Waals surface area (Å²) in [6, 6.07) is 0.429. The molecule has 0 fully saturated rings. The van der Waals surface area contributed by atoms with Crippen LogP contribution in [0.15, 0.2) is 12.5 Å². The minimum atomic E-state index is 0.429. The van der Waals surface area contributed by atoms with Crippen molar-refractivity contribution < 1.29 is 0 Å². The summed E-state index contributed by atoms with van der Waals surface area (Å²) in [5.74, 6) is 1.17. The molecule has 0 unspecified atom stereocenters. The number of nitrogens with one attached hydrogen (secondary N) is 2. The van der Waals surface area contributed by atoms with Gasteiger partial charge in [-0.3, -0.25) is 5.10 Å². The van der Waals surface area contributed by atoms with Crippen LogP contribution in [-0.4, -0.2) is 31.2 Å². The smallest absolute Gasteiger partial charge is 0.197 e. The molecule has 0 aliphatic rings. The Balaban J connectivity index is 2.23. The largest absolute Gasteiger partial charge is 0.309 e. The Morgan fingerprint density at radius 1 is 1.35 bits per heavy atom. The molecule has 0 aliphatic heterocycles. The van der Waals surface area contributed by atoms with Crippen LogP contribution >= 0.6 is 0 Å². The van der Waals surface area contributed by atoms with Gasteiger partial charge >= 0.3 is 0 Å². The van der Waals surface area contributed by atoms with E-state index in [0.29, 0.717) is 17.7 Å². The molecule has 6 nitrogen and oxygen atoms in total. The maximum Gasteiger partial charge on any atom is 0.197 e. The maximum atomic E-state index is 4.48. The van der Waals surface area contributed by atoms with Gasteiger partial charge in [0.1, 0.15) is 6.33 Å². The van der Waals surface area contributed by atoms with Crippen LogP contribution < -0.4 is 5.32 Å². The first-order valence-electron chi connectivity index (χ1n) is 5.58. The summed E-state index contributed by atoms with van der Waals surface area (Å²) >= 11 is 0. The first-order valence-corrected chi connectivity index (χ1v) is 5.58. The third kappa shape index (κ3) is 2.85.